The van der Waals surface area contributed by atoms with Gasteiger partial charge >= 0.3 is 0 Å². The van der Waals surface area contributed by atoms with Gasteiger partial charge in [-0.3, -0.25) is 0 Å². The van der Waals surface area contributed by atoms with E-state index in [1.165, 1.54) is 0 Å². The number of hydrogen-bond donors (Lipinski definition) is 3. The second-order valence-electron chi connectivity index (χ2n) is 6.51. The van der Waals surface area contributed by atoms with Crippen LogP contribution < -0.4 is 16.1 Å². The van der Waals surface area contributed by atoms with Crippen LogP contribution >= 0.6 is 0 Å². The maximum atomic E-state index is 4.47. The summed E-state index contributed by atoms with van der Waals surface area (Å²) >= 11 is 0. The number of hydrogen-bond acceptors (Lipinski definition) is 7. The van der Waals surface area contributed by atoms with E-state index in [2.05, 4.69) is 36.1 Å². The van der Waals surface area contributed by atoms with Crippen molar-refractivity contribution in [3.8, 4) is 0 Å². The molecule has 0 aliphatic carbocycles. The minimum Gasteiger partial charge on any atom is -0.324 e. The Morgan fingerprint density at radius 3 is 1.70 bits per heavy atom. The Balaban J connectivity index is 1.58. The number of aromatic nitrogens is 3. The van der Waals surface area contributed by atoms with Crippen molar-refractivity contribution in [3.63, 3.8) is 0 Å². The number of rotatable bonds is 7. The topological polar surface area (TPSA) is 87.1 Å². The first-order valence-electron chi connectivity index (χ1n) is 9.51. The van der Waals surface area contributed by atoms with Crippen LogP contribution in [0.2, 0.25) is 0 Å². The fourth-order valence-corrected chi connectivity index (χ4v) is 2.73. The van der Waals surface area contributed by atoms with E-state index in [1.807, 2.05) is 91.9 Å². The van der Waals surface area contributed by atoms with Crippen LogP contribution in [0.5, 0.6) is 0 Å². The molecule has 0 aliphatic rings. The minimum absolute atomic E-state index is 0.326. The molecule has 0 unspecified atom stereocenters. The molecule has 7 nitrogen and oxygen atoms in total. The van der Waals surface area contributed by atoms with Crippen molar-refractivity contribution in [2.45, 2.75) is 6.92 Å². The lowest BCUT2D eigenvalue weighted by molar-refractivity contribution is 1.04. The predicted molar refractivity (Wildman–Crippen MR) is 122 cm³/mol. The van der Waals surface area contributed by atoms with Crippen molar-refractivity contribution in [2.75, 3.05) is 16.1 Å². The number of anilines is 5. The Labute approximate surface area is 175 Å². The first-order valence-corrected chi connectivity index (χ1v) is 9.51. The molecule has 0 saturated carbocycles. The standard InChI is InChI=1S/C23H21N7/c1-17-10-8-9-11-18(17)16-24-30-23-28-21(25-19-12-4-2-5-13-19)27-22(29-23)26-20-14-6-3-7-15-20/h2-16H,1H3,(H3,25,26,27,28,29,30). The predicted octanol–water partition coefficient (Wildman–Crippen LogP) is 5.11. The lowest BCUT2D eigenvalue weighted by atomic mass is 10.1. The van der Waals surface area contributed by atoms with E-state index in [0.29, 0.717) is 17.8 Å². The molecule has 0 aliphatic heterocycles. The first-order chi connectivity index (χ1) is 14.8. The van der Waals surface area contributed by atoms with Gasteiger partial charge in [0.15, 0.2) is 0 Å². The van der Waals surface area contributed by atoms with Gasteiger partial charge in [-0.15, -0.1) is 0 Å². The van der Waals surface area contributed by atoms with E-state index in [-0.39, 0.29) is 0 Å². The van der Waals surface area contributed by atoms with Gasteiger partial charge in [0.25, 0.3) is 0 Å². The van der Waals surface area contributed by atoms with Crippen LogP contribution in [0.3, 0.4) is 0 Å². The van der Waals surface area contributed by atoms with Gasteiger partial charge in [0.1, 0.15) is 0 Å². The van der Waals surface area contributed by atoms with Gasteiger partial charge in [0.05, 0.1) is 6.21 Å². The van der Waals surface area contributed by atoms with Crippen LogP contribution in [0.15, 0.2) is 90.0 Å². The maximum absolute atomic E-state index is 4.47. The van der Waals surface area contributed by atoms with E-state index in [1.54, 1.807) is 6.21 Å². The monoisotopic (exact) mass is 395 g/mol. The molecule has 7 heteroatoms. The average Bonchev–Trinajstić information content (AvgIpc) is 2.76. The highest BCUT2D eigenvalue weighted by atomic mass is 15.4. The fourth-order valence-electron chi connectivity index (χ4n) is 2.73. The quantitative estimate of drug-likeness (QED) is 0.298. The molecule has 4 aromatic rings. The van der Waals surface area contributed by atoms with Crippen LogP contribution in [0.4, 0.5) is 29.2 Å². The van der Waals surface area contributed by atoms with Gasteiger partial charge in [0, 0.05) is 11.4 Å². The van der Waals surface area contributed by atoms with Gasteiger partial charge in [0.2, 0.25) is 17.8 Å². The van der Waals surface area contributed by atoms with Gasteiger partial charge in [-0.1, -0.05) is 60.7 Å². The SMILES string of the molecule is Cc1ccccc1C=NNc1nc(Nc2ccccc2)nc(Nc2ccccc2)n1. The van der Waals surface area contributed by atoms with Crippen LogP contribution in [-0.2, 0) is 0 Å². The second-order valence-corrected chi connectivity index (χ2v) is 6.51. The van der Waals surface area contributed by atoms with Crippen LogP contribution in [-0.4, -0.2) is 21.2 Å². The van der Waals surface area contributed by atoms with Crippen molar-refractivity contribution in [2.24, 2.45) is 5.10 Å². The Hall–Kier alpha value is -4.26. The molecule has 4 rings (SSSR count). The zero-order valence-corrected chi connectivity index (χ0v) is 16.4. The molecule has 3 aromatic carbocycles. The molecule has 30 heavy (non-hydrogen) atoms. The van der Waals surface area contributed by atoms with Gasteiger partial charge in [-0.2, -0.15) is 20.1 Å². The summed E-state index contributed by atoms with van der Waals surface area (Å²) in [5.41, 5.74) is 6.81. The molecule has 3 N–H and O–H groups in total. The van der Waals surface area contributed by atoms with Crippen LogP contribution in [0, 0.1) is 6.92 Å². The summed E-state index contributed by atoms with van der Waals surface area (Å²) in [6.07, 6.45) is 1.74. The van der Waals surface area contributed by atoms with Crippen molar-refractivity contribution in [3.05, 3.63) is 96.1 Å². The normalized spacial score (nSPS) is 10.7. The highest BCUT2D eigenvalue weighted by Gasteiger charge is 2.07. The highest BCUT2D eigenvalue weighted by molar-refractivity contribution is 5.82. The highest BCUT2D eigenvalue weighted by Crippen LogP contribution is 2.18. The third-order valence-electron chi connectivity index (χ3n) is 4.25. The van der Waals surface area contributed by atoms with Crippen LogP contribution in [0.25, 0.3) is 0 Å². The number of nitrogens with zero attached hydrogens (tertiary/aromatic N) is 4. The molecule has 0 atom stereocenters. The summed E-state index contributed by atoms with van der Waals surface area (Å²) in [5, 5.41) is 10.7. The van der Waals surface area contributed by atoms with Crippen molar-refractivity contribution < 1.29 is 0 Å². The third-order valence-corrected chi connectivity index (χ3v) is 4.25. The van der Waals surface area contributed by atoms with Gasteiger partial charge in [-0.25, -0.2) is 5.43 Å². The Kier molecular flexibility index (Phi) is 5.91. The minimum atomic E-state index is 0.326. The Morgan fingerprint density at radius 1 is 0.633 bits per heavy atom. The summed E-state index contributed by atoms with van der Waals surface area (Å²) in [7, 11) is 0. The molecule has 0 amide bonds. The molecule has 0 fully saturated rings. The first kappa shape index (κ1) is 19.1. The number of nitrogens with one attached hydrogen (secondary N) is 3. The fraction of sp³-hybridized carbons (Fsp3) is 0.0435. The second kappa shape index (κ2) is 9.29. The summed E-state index contributed by atoms with van der Waals surface area (Å²) in [6, 6.07) is 27.4. The Bertz CT molecular complexity index is 1070. The van der Waals surface area contributed by atoms with Crippen molar-refractivity contribution in [1.82, 2.24) is 15.0 Å². The van der Waals surface area contributed by atoms with E-state index in [4.69, 9.17) is 0 Å². The van der Waals surface area contributed by atoms with E-state index >= 15 is 0 Å². The zero-order chi connectivity index (χ0) is 20.6. The van der Waals surface area contributed by atoms with E-state index in [9.17, 15) is 0 Å². The molecule has 0 bridgehead atoms. The van der Waals surface area contributed by atoms with Crippen LogP contribution in [0.1, 0.15) is 11.1 Å². The van der Waals surface area contributed by atoms with Crippen molar-refractivity contribution >= 4 is 35.4 Å². The summed E-state index contributed by atoms with van der Waals surface area (Å²) < 4.78 is 0. The lowest BCUT2D eigenvalue weighted by Crippen LogP contribution is -2.07. The van der Waals surface area contributed by atoms with E-state index < -0.39 is 0 Å². The molecular formula is C23H21N7. The Morgan fingerprint density at radius 2 is 1.13 bits per heavy atom. The molecular weight excluding hydrogens is 374 g/mol. The molecule has 1 aromatic heterocycles. The lowest BCUT2D eigenvalue weighted by Gasteiger charge is -2.10. The summed E-state index contributed by atoms with van der Waals surface area (Å²) in [4.78, 5) is 13.3. The number of aryl methyl sites for hydroxylation is 1. The third kappa shape index (κ3) is 5.17. The smallest absolute Gasteiger partial charge is 0.250 e. The van der Waals surface area contributed by atoms with Crippen molar-refractivity contribution in [1.29, 1.82) is 0 Å². The molecule has 148 valence electrons. The van der Waals surface area contributed by atoms with E-state index in [0.717, 1.165) is 22.5 Å². The molecule has 0 saturated heterocycles. The largest absolute Gasteiger partial charge is 0.324 e. The van der Waals surface area contributed by atoms with Gasteiger partial charge in [-0.05, 0) is 42.3 Å². The summed E-state index contributed by atoms with van der Waals surface area (Å²) in [6.45, 7) is 2.04. The number of hydrazone groups is 1. The molecule has 1 heterocycles. The van der Waals surface area contributed by atoms with Gasteiger partial charge < -0.3 is 10.6 Å². The summed E-state index contributed by atoms with van der Waals surface area (Å²) in [5.74, 6) is 1.14. The zero-order valence-electron chi connectivity index (χ0n) is 16.4. The number of benzene rings is 3. The number of para-hydroxylation sites is 2. The maximum Gasteiger partial charge on any atom is 0.250 e. The molecule has 0 radical (unpaired) electrons. The average molecular weight is 395 g/mol. The molecule has 0 spiro atoms.